The molecule has 9 rings (SSSR count). The van der Waals surface area contributed by atoms with E-state index < -0.39 is 11.9 Å². The van der Waals surface area contributed by atoms with Crippen LogP contribution in [0.15, 0.2) is 71.7 Å². The zero-order valence-corrected chi connectivity index (χ0v) is 28.4. The molecular weight excluding hydrogens is 646 g/mol. The Morgan fingerprint density at radius 2 is 1.65 bits per heavy atom. The number of piperidine rings is 1. The number of carbonyl (C=O) groups is 3. The minimum absolute atomic E-state index is 0.0254. The first-order valence-corrected chi connectivity index (χ1v) is 17.7. The van der Waals surface area contributed by atoms with E-state index in [1.807, 2.05) is 36.5 Å². The summed E-state index contributed by atoms with van der Waals surface area (Å²) < 4.78 is 3.18. The maximum Gasteiger partial charge on any atom is 0.329 e. The van der Waals surface area contributed by atoms with Gasteiger partial charge in [0, 0.05) is 106 Å². The molecule has 4 aliphatic heterocycles. The first-order chi connectivity index (χ1) is 24.8. The summed E-state index contributed by atoms with van der Waals surface area (Å²) in [6, 6.07) is 20.2. The number of piperazine rings is 1. The van der Waals surface area contributed by atoms with E-state index in [4.69, 9.17) is 0 Å². The van der Waals surface area contributed by atoms with E-state index in [0.29, 0.717) is 19.0 Å². The van der Waals surface area contributed by atoms with Crippen LogP contribution in [-0.4, -0.2) is 93.6 Å². The Kier molecular flexibility index (Phi) is 7.53. The molecule has 13 heteroatoms. The van der Waals surface area contributed by atoms with Gasteiger partial charge in [0.05, 0.1) is 28.0 Å². The van der Waals surface area contributed by atoms with Crippen LogP contribution in [0.2, 0.25) is 0 Å². The molecule has 3 amide bonds. The normalized spacial score (nSPS) is 19.9. The van der Waals surface area contributed by atoms with Gasteiger partial charge in [0.15, 0.2) is 0 Å². The van der Waals surface area contributed by atoms with Gasteiger partial charge in [-0.3, -0.25) is 38.7 Å². The van der Waals surface area contributed by atoms with Crippen LogP contribution in [-0.2, 0) is 23.1 Å². The second kappa shape index (κ2) is 12.3. The SMILES string of the molecule is Cn1c(=O)n(C2CCC(=O)NC2=O)c2cccc(N3CC(N4CCN(c5ccc(-c6cc(-c7cc8c([nH]7)CCNC8=O)ccn6)cc5)CC4)C3)c21. The Hall–Kier alpha value is -5.69. The molecule has 1 unspecified atom stereocenters. The van der Waals surface area contributed by atoms with E-state index in [1.165, 1.54) is 5.69 Å². The van der Waals surface area contributed by atoms with Gasteiger partial charge < -0.3 is 20.1 Å². The van der Waals surface area contributed by atoms with E-state index in [-0.39, 0.29) is 23.9 Å². The lowest BCUT2D eigenvalue weighted by Crippen LogP contribution is -2.63. The number of para-hydroxylation sites is 1. The molecule has 4 aliphatic rings. The quantitative estimate of drug-likeness (QED) is 0.232. The topological polar surface area (TPSA) is 141 Å². The molecule has 3 aromatic heterocycles. The van der Waals surface area contributed by atoms with Gasteiger partial charge in [-0.1, -0.05) is 18.2 Å². The monoisotopic (exact) mass is 685 g/mol. The maximum atomic E-state index is 13.4. The molecule has 0 radical (unpaired) electrons. The highest BCUT2D eigenvalue weighted by Gasteiger charge is 2.36. The Bertz CT molecular complexity index is 2250. The van der Waals surface area contributed by atoms with E-state index in [9.17, 15) is 19.2 Å². The molecule has 260 valence electrons. The van der Waals surface area contributed by atoms with Crippen LogP contribution in [0.4, 0.5) is 11.4 Å². The van der Waals surface area contributed by atoms with E-state index >= 15 is 0 Å². The molecule has 0 aliphatic carbocycles. The number of fused-ring (bicyclic) bond motifs is 2. The fraction of sp³-hybridized carbons (Fsp3) is 0.342. The number of amides is 3. The summed E-state index contributed by atoms with van der Waals surface area (Å²) >= 11 is 0. The highest BCUT2D eigenvalue weighted by atomic mass is 16.2. The number of hydrogen-bond donors (Lipinski definition) is 3. The van der Waals surface area contributed by atoms with E-state index in [1.54, 1.807) is 16.2 Å². The van der Waals surface area contributed by atoms with Crippen molar-refractivity contribution < 1.29 is 14.4 Å². The van der Waals surface area contributed by atoms with E-state index in [0.717, 1.165) is 96.2 Å². The number of benzene rings is 2. The van der Waals surface area contributed by atoms with Crippen molar-refractivity contribution in [3.05, 3.63) is 88.6 Å². The van der Waals surface area contributed by atoms with Crippen LogP contribution in [0.3, 0.4) is 0 Å². The van der Waals surface area contributed by atoms with Crippen LogP contribution in [0, 0.1) is 0 Å². The summed E-state index contributed by atoms with van der Waals surface area (Å²) in [5, 5.41) is 5.30. The Morgan fingerprint density at radius 3 is 2.41 bits per heavy atom. The number of nitrogens with one attached hydrogen (secondary N) is 3. The lowest BCUT2D eigenvalue weighted by Gasteiger charge is -2.49. The third-order valence-electron chi connectivity index (χ3n) is 11.0. The van der Waals surface area contributed by atoms with Gasteiger partial charge in [0.2, 0.25) is 11.8 Å². The number of pyridine rings is 1. The number of nitrogens with zero attached hydrogens (tertiary/aromatic N) is 6. The van der Waals surface area contributed by atoms with Crippen molar-refractivity contribution in [2.75, 3.05) is 55.6 Å². The van der Waals surface area contributed by atoms with Gasteiger partial charge >= 0.3 is 5.69 Å². The number of hydrogen-bond acceptors (Lipinski definition) is 8. The van der Waals surface area contributed by atoms with Crippen LogP contribution in [0.5, 0.6) is 0 Å². The second-order valence-corrected chi connectivity index (χ2v) is 14.0. The fourth-order valence-corrected chi connectivity index (χ4v) is 8.18. The fourth-order valence-electron chi connectivity index (χ4n) is 8.18. The number of anilines is 2. The molecule has 1 atom stereocenters. The van der Waals surface area contributed by atoms with Crippen molar-refractivity contribution in [3.8, 4) is 22.5 Å². The molecule has 2 aromatic carbocycles. The molecule has 13 nitrogen and oxygen atoms in total. The largest absolute Gasteiger partial charge is 0.369 e. The molecule has 5 aromatic rings. The van der Waals surface area contributed by atoms with Gasteiger partial charge in [-0.05, 0) is 48.9 Å². The van der Waals surface area contributed by atoms with Crippen molar-refractivity contribution in [1.29, 1.82) is 0 Å². The summed E-state index contributed by atoms with van der Waals surface area (Å²) in [6.45, 7) is 6.21. The highest BCUT2D eigenvalue weighted by molar-refractivity contribution is 6.01. The molecule has 51 heavy (non-hydrogen) atoms. The summed E-state index contributed by atoms with van der Waals surface area (Å²) in [4.78, 5) is 65.4. The van der Waals surface area contributed by atoms with Crippen LogP contribution in [0.1, 0.15) is 34.9 Å². The van der Waals surface area contributed by atoms with E-state index in [2.05, 4.69) is 65.6 Å². The predicted octanol–water partition coefficient (Wildman–Crippen LogP) is 2.67. The lowest BCUT2D eigenvalue weighted by molar-refractivity contribution is -0.135. The van der Waals surface area contributed by atoms with Crippen LogP contribution in [0.25, 0.3) is 33.5 Å². The first-order valence-electron chi connectivity index (χ1n) is 17.7. The molecule has 3 N–H and O–H groups in total. The smallest absolute Gasteiger partial charge is 0.329 e. The number of H-pyrrole nitrogens is 1. The third-order valence-corrected chi connectivity index (χ3v) is 11.0. The summed E-state index contributed by atoms with van der Waals surface area (Å²) in [5.74, 6) is -0.740. The number of aromatic nitrogens is 4. The van der Waals surface area contributed by atoms with Crippen molar-refractivity contribution in [2.24, 2.45) is 7.05 Å². The number of aromatic amines is 1. The average molecular weight is 686 g/mol. The number of imidazole rings is 1. The molecule has 3 saturated heterocycles. The van der Waals surface area contributed by atoms with Crippen LogP contribution >= 0.6 is 0 Å². The van der Waals surface area contributed by atoms with Crippen molar-refractivity contribution in [3.63, 3.8) is 0 Å². The molecule has 0 bridgehead atoms. The minimum atomic E-state index is -0.694. The summed E-state index contributed by atoms with van der Waals surface area (Å²) in [6.07, 6.45) is 3.16. The zero-order valence-electron chi connectivity index (χ0n) is 28.4. The summed E-state index contributed by atoms with van der Waals surface area (Å²) in [7, 11) is 1.75. The minimum Gasteiger partial charge on any atom is -0.369 e. The average Bonchev–Trinajstić information content (AvgIpc) is 3.68. The Balaban J connectivity index is 0.834. The predicted molar refractivity (Wildman–Crippen MR) is 194 cm³/mol. The molecule has 7 heterocycles. The number of rotatable bonds is 6. The van der Waals surface area contributed by atoms with Gasteiger partial charge in [-0.25, -0.2) is 4.79 Å². The Labute approximate surface area is 293 Å². The molecule has 3 fully saturated rings. The van der Waals surface area contributed by atoms with Crippen LogP contribution < -0.4 is 26.1 Å². The summed E-state index contributed by atoms with van der Waals surface area (Å²) in [5.41, 5.74) is 9.04. The molecule has 0 spiro atoms. The Morgan fingerprint density at radius 1 is 0.843 bits per heavy atom. The number of aryl methyl sites for hydroxylation is 1. The second-order valence-electron chi connectivity index (χ2n) is 14.0. The van der Waals surface area contributed by atoms with Crippen molar-refractivity contribution in [1.82, 2.24) is 34.6 Å². The third kappa shape index (κ3) is 5.39. The lowest BCUT2D eigenvalue weighted by atomic mass is 10.0. The van der Waals surface area contributed by atoms with Gasteiger partial charge in [0.1, 0.15) is 6.04 Å². The van der Waals surface area contributed by atoms with Gasteiger partial charge in [0.25, 0.3) is 5.91 Å². The number of carbonyl (C=O) groups excluding carboxylic acids is 3. The van der Waals surface area contributed by atoms with Gasteiger partial charge in [-0.2, -0.15) is 0 Å². The standard InChI is InChI=1S/C38H39N9O4/c1-43-35-31(3-2-4-32(35)47(38(43)51)33-9-10-34(48)42-37(33)50)46-21-26(22-46)45-17-15-44(16-18-45)25-7-5-23(6-8-25)29-19-24(11-13-39-29)30-20-27-28(41-30)12-14-40-36(27)49/h2-8,11,13,19-20,26,33,41H,9-10,12,14-18,21-22H2,1H3,(H,40,49)(H,42,48,50). The highest BCUT2D eigenvalue weighted by Crippen LogP contribution is 2.34. The maximum absolute atomic E-state index is 13.4. The van der Waals surface area contributed by atoms with Crippen molar-refractivity contribution >= 4 is 40.1 Å². The molecular formula is C38H39N9O4. The molecule has 0 saturated carbocycles. The number of imide groups is 1. The zero-order chi connectivity index (χ0) is 34.8. The van der Waals surface area contributed by atoms with Crippen molar-refractivity contribution in [2.45, 2.75) is 31.3 Å². The first kappa shape index (κ1) is 31.3. The van der Waals surface area contributed by atoms with Gasteiger partial charge in [-0.15, -0.1) is 0 Å².